The summed E-state index contributed by atoms with van der Waals surface area (Å²) < 4.78 is 104. The SMILES string of the molecule is N#CCc1cc(C#Cc2ccc(C(F)(F)F)c(F)c2)c(CC#N)cc1C#Cc1ccc(C(F)(F)F)c(F)c1. The van der Waals surface area contributed by atoms with E-state index in [0.717, 1.165) is 12.1 Å². The fourth-order valence-electron chi connectivity index (χ4n) is 3.31. The number of hydrogen-bond donors (Lipinski definition) is 0. The molecule has 0 amide bonds. The van der Waals surface area contributed by atoms with Gasteiger partial charge in [-0.3, -0.25) is 0 Å². The molecule has 0 bridgehead atoms. The molecule has 38 heavy (non-hydrogen) atoms. The van der Waals surface area contributed by atoms with Gasteiger partial charge in [-0.15, -0.1) is 0 Å². The number of nitriles is 2. The molecule has 3 rings (SSSR count). The highest BCUT2D eigenvalue weighted by Gasteiger charge is 2.34. The van der Waals surface area contributed by atoms with E-state index < -0.39 is 35.1 Å². The van der Waals surface area contributed by atoms with E-state index in [0.29, 0.717) is 35.4 Å². The second-order valence-electron chi connectivity index (χ2n) is 7.72. The maximum absolute atomic E-state index is 13.9. The van der Waals surface area contributed by atoms with Crippen molar-refractivity contribution < 1.29 is 35.1 Å². The second-order valence-corrected chi connectivity index (χ2v) is 7.72. The summed E-state index contributed by atoms with van der Waals surface area (Å²) in [4.78, 5) is 0. The molecule has 2 nitrogen and oxygen atoms in total. The van der Waals surface area contributed by atoms with Crippen molar-refractivity contribution in [2.24, 2.45) is 0 Å². The molecule has 0 spiro atoms. The van der Waals surface area contributed by atoms with E-state index in [-0.39, 0.29) is 35.1 Å². The van der Waals surface area contributed by atoms with Crippen LogP contribution < -0.4 is 0 Å². The Morgan fingerprint density at radius 2 is 0.921 bits per heavy atom. The van der Waals surface area contributed by atoms with Crippen LogP contribution in [0, 0.1) is 58.0 Å². The lowest BCUT2D eigenvalue weighted by atomic mass is 9.95. The van der Waals surface area contributed by atoms with Gasteiger partial charge in [0.15, 0.2) is 0 Å². The first-order valence-electron chi connectivity index (χ1n) is 10.5. The summed E-state index contributed by atoms with van der Waals surface area (Å²) in [6.45, 7) is 0. The lowest BCUT2D eigenvalue weighted by Crippen LogP contribution is -2.07. The number of nitrogens with zero attached hydrogens (tertiary/aromatic N) is 2. The minimum absolute atomic E-state index is 0.0616. The molecule has 0 aliphatic heterocycles. The van der Waals surface area contributed by atoms with Gasteiger partial charge in [0.05, 0.1) is 36.1 Å². The summed E-state index contributed by atoms with van der Waals surface area (Å²) in [5.74, 6) is 7.38. The van der Waals surface area contributed by atoms with Crippen molar-refractivity contribution in [2.75, 3.05) is 0 Å². The Hall–Kier alpha value is -4.80. The molecule has 190 valence electrons. The summed E-state index contributed by atoms with van der Waals surface area (Å²) in [5, 5.41) is 18.4. The van der Waals surface area contributed by atoms with Crippen molar-refractivity contribution in [3.05, 3.63) is 105 Å². The van der Waals surface area contributed by atoms with Gasteiger partial charge in [-0.1, -0.05) is 23.7 Å². The number of rotatable bonds is 2. The minimum atomic E-state index is -4.87. The van der Waals surface area contributed by atoms with Crippen LogP contribution in [0.4, 0.5) is 35.1 Å². The van der Waals surface area contributed by atoms with Gasteiger partial charge in [0.2, 0.25) is 0 Å². The predicted molar refractivity (Wildman–Crippen MR) is 120 cm³/mol. The van der Waals surface area contributed by atoms with Gasteiger partial charge in [0.1, 0.15) is 11.6 Å². The standard InChI is InChI=1S/C28H12F8N2/c29-25-13-17(3-7-23(25)27(31,32)33)1-5-19-15-22(10-12-38)20(16-21(19)9-11-37)6-2-18-4-8-24(26(30)14-18)28(34,35)36/h3-4,7-8,13-16H,9-10H2. The molecule has 0 N–H and O–H groups in total. The number of alkyl halides is 6. The monoisotopic (exact) mass is 528 g/mol. The smallest absolute Gasteiger partial charge is 0.206 e. The maximum atomic E-state index is 13.9. The first-order valence-corrected chi connectivity index (χ1v) is 10.5. The third-order valence-corrected chi connectivity index (χ3v) is 5.10. The average molecular weight is 528 g/mol. The molecule has 0 heterocycles. The lowest BCUT2D eigenvalue weighted by molar-refractivity contribution is -0.140. The highest BCUT2D eigenvalue weighted by Crippen LogP contribution is 2.32. The molecule has 0 atom stereocenters. The van der Waals surface area contributed by atoms with Gasteiger partial charge in [-0.05, 0) is 59.7 Å². The van der Waals surface area contributed by atoms with Crippen LogP contribution >= 0.6 is 0 Å². The van der Waals surface area contributed by atoms with Crippen LogP contribution in [0.3, 0.4) is 0 Å². The minimum Gasteiger partial charge on any atom is -0.206 e. The average Bonchev–Trinajstić information content (AvgIpc) is 2.81. The van der Waals surface area contributed by atoms with Gasteiger partial charge in [0.25, 0.3) is 0 Å². The summed E-state index contributed by atoms with van der Waals surface area (Å²) in [6, 6.07) is 11.0. The molecule has 3 aromatic carbocycles. The van der Waals surface area contributed by atoms with Crippen molar-refractivity contribution in [3.8, 4) is 35.8 Å². The fourth-order valence-corrected chi connectivity index (χ4v) is 3.31. The molecule has 0 unspecified atom stereocenters. The largest absolute Gasteiger partial charge is 0.419 e. The summed E-state index contributed by atoms with van der Waals surface area (Å²) >= 11 is 0. The van der Waals surface area contributed by atoms with Gasteiger partial charge >= 0.3 is 12.4 Å². The summed E-state index contributed by atoms with van der Waals surface area (Å²) in [6.07, 6.45) is -10.1. The molecular formula is C28H12F8N2. The van der Waals surface area contributed by atoms with Crippen LogP contribution in [0.1, 0.15) is 44.5 Å². The lowest BCUT2D eigenvalue weighted by Gasteiger charge is -2.08. The van der Waals surface area contributed by atoms with Crippen LogP contribution in [0.2, 0.25) is 0 Å². The number of halogens is 8. The first kappa shape index (κ1) is 27.8. The van der Waals surface area contributed by atoms with E-state index in [4.69, 9.17) is 0 Å². The Balaban J connectivity index is 2.04. The zero-order valence-electron chi connectivity index (χ0n) is 19.0. The maximum Gasteiger partial charge on any atom is 0.419 e. The Morgan fingerprint density at radius 1 is 0.553 bits per heavy atom. The van der Waals surface area contributed by atoms with Gasteiger partial charge in [-0.25, -0.2) is 8.78 Å². The molecule has 0 aromatic heterocycles. The van der Waals surface area contributed by atoms with Crippen LogP contribution in [-0.2, 0) is 25.2 Å². The van der Waals surface area contributed by atoms with Crippen molar-refractivity contribution in [3.63, 3.8) is 0 Å². The molecule has 0 aliphatic carbocycles. The van der Waals surface area contributed by atoms with Gasteiger partial charge < -0.3 is 0 Å². The van der Waals surface area contributed by atoms with E-state index >= 15 is 0 Å². The van der Waals surface area contributed by atoms with Crippen LogP contribution in [0.15, 0.2) is 48.5 Å². The van der Waals surface area contributed by atoms with Crippen LogP contribution in [0.5, 0.6) is 0 Å². The molecule has 10 heteroatoms. The Labute approximate surface area is 211 Å². The Morgan fingerprint density at radius 3 is 1.21 bits per heavy atom. The second kappa shape index (κ2) is 11.1. The third kappa shape index (κ3) is 6.69. The Bertz CT molecular complexity index is 1470. The van der Waals surface area contributed by atoms with E-state index in [1.165, 1.54) is 12.1 Å². The van der Waals surface area contributed by atoms with Crippen molar-refractivity contribution in [1.29, 1.82) is 10.5 Å². The van der Waals surface area contributed by atoms with Crippen molar-refractivity contribution in [1.82, 2.24) is 0 Å². The molecule has 0 radical (unpaired) electrons. The predicted octanol–water partition coefficient (Wildman–Crippen LogP) is 6.93. The van der Waals surface area contributed by atoms with Gasteiger partial charge in [0, 0.05) is 22.3 Å². The first-order chi connectivity index (χ1) is 17.8. The normalized spacial score (nSPS) is 10.9. The van der Waals surface area contributed by atoms with E-state index in [1.807, 2.05) is 12.1 Å². The van der Waals surface area contributed by atoms with E-state index in [9.17, 15) is 45.6 Å². The van der Waals surface area contributed by atoms with Crippen LogP contribution in [-0.4, -0.2) is 0 Å². The summed E-state index contributed by atoms with van der Waals surface area (Å²) in [7, 11) is 0. The zero-order chi connectivity index (χ0) is 28.1. The van der Waals surface area contributed by atoms with E-state index in [2.05, 4.69) is 23.7 Å². The third-order valence-electron chi connectivity index (χ3n) is 5.10. The number of hydrogen-bond acceptors (Lipinski definition) is 2. The molecule has 0 saturated carbocycles. The fraction of sp³-hybridized carbons (Fsp3) is 0.143. The Kier molecular flexibility index (Phi) is 8.10. The van der Waals surface area contributed by atoms with E-state index in [1.54, 1.807) is 0 Å². The van der Waals surface area contributed by atoms with Crippen molar-refractivity contribution >= 4 is 0 Å². The van der Waals surface area contributed by atoms with Gasteiger partial charge in [-0.2, -0.15) is 36.9 Å². The number of benzene rings is 3. The topological polar surface area (TPSA) is 47.6 Å². The quantitative estimate of drug-likeness (QED) is 0.268. The van der Waals surface area contributed by atoms with Crippen molar-refractivity contribution in [2.45, 2.75) is 25.2 Å². The molecule has 0 fully saturated rings. The molecule has 0 saturated heterocycles. The molecule has 0 aliphatic rings. The highest BCUT2D eigenvalue weighted by molar-refractivity contribution is 5.56. The zero-order valence-corrected chi connectivity index (χ0v) is 19.0. The molecule has 3 aromatic rings. The molecular weight excluding hydrogens is 516 g/mol. The van der Waals surface area contributed by atoms with Crippen LogP contribution in [0.25, 0.3) is 0 Å². The summed E-state index contributed by atoms with van der Waals surface area (Å²) in [5.41, 5.74) is -1.87. The highest BCUT2D eigenvalue weighted by atomic mass is 19.4.